The van der Waals surface area contributed by atoms with Crippen LogP contribution in [0.4, 0.5) is 4.79 Å². The van der Waals surface area contributed by atoms with Crippen LogP contribution in [0.1, 0.15) is 96.9 Å². The maximum Gasteiger partial charge on any atom is 0.408 e. The molecule has 3 unspecified atom stereocenters. The van der Waals surface area contributed by atoms with E-state index in [2.05, 4.69) is 17.6 Å². The van der Waals surface area contributed by atoms with Crippen molar-refractivity contribution in [1.82, 2.24) is 15.5 Å². The molecule has 0 saturated heterocycles. The van der Waals surface area contributed by atoms with E-state index in [0.29, 0.717) is 6.54 Å². The monoisotopic (exact) mass is 475 g/mol. The molecule has 1 aromatic carbocycles. The molecule has 0 aliphatic rings. The number of hydrogen-bond donors (Lipinski definition) is 2. The second-order valence-electron chi connectivity index (χ2n) is 10.1. The molecule has 0 spiro atoms. The molecule has 3 amide bonds. The van der Waals surface area contributed by atoms with E-state index in [1.165, 1.54) is 0 Å². The lowest BCUT2D eigenvalue weighted by atomic mass is 9.94. The minimum absolute atomic E-state index is 0.00875. The molecule has 7 nitrogen and oxygen atoms in total. The highest BCUT2D eigenvalue weighted by Crippen LogP contribution is 2.28. The van der Waals surface area contributed by atoms with E-state index in [0.717, 1.165) is 42.4 Å². The Balaban J connectivity index is 3.38. The van der Waals surface area contributed by atoms with E-state index in [1.54, 1.807) is 32.6 Å². The first-order valence-corrected chi connectivity index (χ1v) is 12.5. The van der Waals surface area contributed by atoms with Crippen LogP contribution in [0.15, 0.2) is 18.2 Å². The van der Waals surface area contributed by atoms with Crippen LogP contribution in [0.25, 0.3) is 0 Å². The van der Waals surface area contributed by atoms with E-state index in [9.17, 15) is 14.4 Å². The van der Waals surface area contributed by atoms with Crippen LogP contribution in [-0.4, -0.2) is 47.0 Å². The van der Waals surface area contributed by atoms with Crippen LogP contribution in [-0.2, 0) is 14.3 Å². The van der Waals surface area contributed by atoms with E-state index >= 15 is 0 Å². The van der Waals surface area contributed by atoms with Gasteiger partial charge in [-0.15, -0.1) is 0 Å². The maximum atomic E-state index is 13.7. The summed E-state index contributed by atoms with van der Waals surface area (Å²) in [5.74, 6) is -0.521. The first kappa shape index (κ1) is 29.5. The average molecular weight is 476 g/mol. The smallest absolute Gasteiger partial charge is 0.408 e. The van der Waals surface area contributed by atoms with Crippen molar-refractivity contribution in [2.75, 3.05) is 6.54 Å². The second kappa shape index (κ2) is 13.4. The van der Waals surface area contributed by atoms with Crippen molar-refractivity contribution in [3.8, 4) is 0 Å². The molecule has 2 N–H and O–H groups in total. The van der Waals surface area contributed by atoms with Gasteiger partial charge in [0.25, 0.3) is 0 Å². The number of benzene rings is 1. The SMILES string of the molecule is CCCCN(C(=O)C(C)NC(=O)OC(C)(C)C)C(C(=O)NC(C)CCC)c1cccc(C)c1C. The van der Waals surface area contributed by atoms with E-state index < -0.39 is 23.8 Å². The normalized spacial score (nSPS) is 14.0. The molecular formula is C27H45N3O4. The third-order valence-electron chi connectivity index (χ3n) is 5.75. The van der Waals surface area contributed by atoms with Crippen LogP contribution >= 0.6 is 0 Å². The third-order valence-corrected chi connectivity index (χ3v) is 5.75. The fourth-order valence-electron chi connectivity index (χ4n) is 3.84. The Bertz CT molecular complexity index is 832. The fourth-order valence-corrected chi connectivity index (χ4v) is 3.84. The number of alkyl carbamates (subject to hydrolysis) is 1. The van der Waals surface area contributed by atoms with Crippen molar-refractivity contribution in [2.24, 2.45) is 0 Å². The minimum atomic E-state index is -0.847. The van der Waals surface area contributed by atoms with Crippen molar-refractivity contribution < 1.29 is 19.1 Å². The summed E-state index contributed by atoms with van der Waals surface area (Å²) in [6, 6.07) is 4.18. The molecule has 34 heavy (non-hydrogen) atoms. The molecule has 7 heteroatoms. The summed E-state index contributed by atoms with van der Waals surface area (Å²) in [5, 5.41) is 5.75. The van der Waals surface area contributed by atoms with Crippen molar-refractivity contribution in [2.45, 2.75) is 112 Å². The van der Waals surface area contributed by atoms with Gasteiger partial charge in [0, 0.05) is 12.6 Å². The van der Waals surface area contributed by atoms with Crippen molar-refractivity contribution in [1.29, 1.82) is 0 Å². The highest BCUT2D eigenvalue weighted by Gasteiger charge is 2.35. The van der Waals surface area contributed by atoms with Gasteiger partial charge < -0.3 is 20.3 Å². The number of carbonyl (C=O) groups excluding carboxylic acids is 3. The van der Waals surface area contributed by atoms with E-state index in [1.807, 2.05) is 45.9 Å². The molecule has 3 atom stereocenters. The van der Waals surface area contributed by atoms with Gasteiger partial charge in [-0.05, 0) is 78.0 Å². The number of unbranched alkanes of at least 4 members (excludes halogenated alkanes) is 1. The van der Waals surface area contributed by atoms with Gasteiger partial charge in [0.05, 0.1) is 0 Å². The Labute approximate surface area is 206 Å². The predicted molar refractivity (Wildman–Crippen MR) is 137 cm³/mol. The summed E-state index contributed by atoms with van der Waals surface area (Å²) in [6.07, 6.45) is 2.75. The van der Waals surface area contributed by atoms with Crippen molar-refractivity contribution in [3.05, 3.63) is 34.9 Å². The van der Waals surface area contributed by atoms with Crippen LogP contribution in [0, 0.1) is 13.8 Å². The molecule has 0 heterocycles. The molecule has 0 bridgehead atoms. The number of ether oxygens (including phenoxy) is 1. The average Bonchev–Trinajstić information content (AvgIpc) is 2.71. The molecule has 0 saturated carbocycles. The van der Waals surface area contributed by atoms with E-state index in [4.69, 9.17) is 4.74 Å². The minimum Gasteiger partial charge on any atom is -0.444 e. The summed E-state index contributed by atoms with van der Waals surface area (Å²) in [4.78, 5) is 41.2. The molecular weight excluding hydrogens is 430 g/mol. The van der Waals surface area contributed by atoms with Crippen molar-refractivity contribution in [3.63, 3.8) is 0 Å². The predicted octanol–water partition coefficient (Wildman–Crippen LogP) is 5.19. The largest absolute Gasteiger partial charge is 0.444 e. The summed E-state index contributed by atoms with van der Waals surface area (Å²) in [5.41, 5.74) is 2.16. The zero-order valence-corrected chi connectivity index (χ0v) is 22.6. The van der Waals surface area contributed by atoms with Gasteiger partial charge in [-0.2, -0.15) is 0 Å². The Kier molecular flexibility index (Phi) is 11.6. The quantitative estimate of drug-likeness (QED) is 0.461. The lowest BCUT2D eigenvalue weighted by Crippen LogP contribution is -2.53. The summed E-state index contributed by atoms with van der Waals surface area (Å²) < 4.78 is 5.33. The van der Waals surface area contributed by atoms with E-state index in [-0.39, 0.29) is 17.9 Å². The topological polar surface area (TPSA) is 87.7 Å². The first-order valence-electron chi connectivity index (χ1n) is 12.5. The van der Waals surface area contributed by atoms with Gasteiger partial charge in [0.2, 0.25) is 11.8 Å². The highest BCUT2D eigenvalue weighted by atomic mass is 16.6. The zero-order chi connectivity index (χ0) is 26.1. The summed E-state index contributed by atoms with van der Waals surface area (Å²) >= 11 is 0. The molecule has 0 aliphatic carbocycles. The summed E-state index contributed by atoms with van der Waals surface area (Å²) in [7, 11) is 0. The van der Waals surface area contributed by atoms with Gasteiger partial charge in [-0.1, -0.05) is 44.9 Å². The standard InChI is InChI=1S/C27H45N3O4/c1-10-12-17-30(25(32)21(6)29-26(33)34-27(7,8)9)23(24(31)28-19(4)14-11-2)22-16-13-15-18(3)20(22)5/h13,15-16,19,21,23H,10-12,14,17H2,1-9H3,(H,28,31)(H,29,33). The summed E-state index contributed by atoms with van der Waals surface area (Å²) in [6.45, 7) is 17.4. The molecule has 1 rings (SSSR count). The molecule has 192 valence electrons. The number of rotatable bonds is 11. The highest BCUT2D eigenvalue weighted by molar-refractivity contribution is 5.92. The number of hydrogen-bond acceptors (Lipinski definition) is 4. The molecule has 0 aliphatic heterocycles. The molecule has 0 aromatic heterocycles. The Morgan fingerprint density at radius 1 is 1.03 bits per heavy atom. The van der Waals surface area contributed by atoms with Crippen LogP contribution < -0.4 is 10.6 Å². The lowest BCUT2D eigenvalue weighted by molar-refractivity contribution is -0.142. The van der Waals surface area contributed by atoms with Crippen LogP contribution in [0.3, 0.4) is 0 Å². The molecule has 0 fully saturated rings. The molecule has 1 aromatic rings. The van der Waals surface area contributed by atoms with Gasteiger partial charge >= 0.3 is 6.09 Å². The third kappa shape index (κ3) is 8.99. The van der Waals surface area contributed by atoms with Crippen molar-refractivity contribution >= 4 is 17.9 Å². The zero-order valence-electron chi connectivity index (χ0n) is 22.6. The number of nitrogens with zero attached hydrogens (tertiary/aromatic N) is 1. The van der Waals surface area contributed by atoms with Gasteiger partial charge in [0.15, 0.2) is 0 Å². The molecule has 0 radical (unpaired) electrons. The Hall–Kier alpha value is -2.57. The second-order valence-corrected chi connectivity index (χ2v) is 10.1. The maximum absolute atomic E-state index is 13.7. The first-order chi connectivity index (χ1) is 15.8. The number of carbonyl (C=O) groups is 3. The van der Waals surface area contributed by atoms with Gasteiger partial charge in [0.1, 0.15) is 17.7 Å². The van der Waals surface area contributed by atoms with Gasteiger partial charge in [-0.3, -0.25) is 9.59 Å². The lowest BCUT2D eigenvalue weighted by Gasteiger charge is -2.35. The van der Waals surface area contributed by atoms with Crippen LogP contribution in [0.2, 0.25) is 0 Å². The Morgan fingerprint density at radius 2 is 1.68 bits per heavy atom. The number of aryl methyl sites for hydroxylation is 1. The number of nitrogens with one attached hydrogen (secondary N) is 2. The fraction of sp³-hybridized carbons (Fsp3) is 0.667. The van der Waals surface area contributed by atoms with Crippen LogP contribution in [0.5, 0.6) is 0 Å². The number of amides is 3. The van der Waals surface area contributed by atoms with Gasteiger partial charge in [-0.25, -0.2) is 4.79 Å². The Morgan fingerprint density at radius 3 is 2.24 bits per heavy atom.